The Bertz CT molecular complexity index is 526. The molecular formula is C14H19NO. The van der Waals surface area contributed by atoms with Crippen molar-refractivity contribution in [3.63, 3.8) is 0 Å². The van der Waals surface area contributed by atoms with Crippen LogP contribution >= 0.6 is 0 Å². The van der Waals surface area contributed by atoms with Gasteiger partial charge in [-0.1, -0.05) is 32.0 Å². The number of hydrogen-bond donors (Lipinski definition) is 0. The molecule has 0 aliphatic rings. The summed E-state index contributed by atoms with van der Waals surface area (Å²) in [6.07, 6.45) is 0. The molecule has 0 saturated carbocycles. The van der Waals surface area contributed by atoms with Crippen molar-refractivity contribution >= 4 is 10.9 Å². The third-order valence-corrected chi connectivity index (χ3v) is 2.50. The summed E-state index contributed by atoms with van der Waals surface area (Å²) in [5, 5.41) is 1.13. The SMILES string of the molecule is CC.CCn1c(=O)c(C)cc2ccccc21. The fourth-order valence-corrected chi connectivity index (χ4v) is 1.79. The molecule has 0 spiro atoms. The molecule has 2 rings (SSSR count). The van der Waals surface area contributed by atoms with Gasteiger partial charge in [0.25, 0.3) is 5.56 Å². The van der Waals surface area contributed by atoms with Gasteiger partial charge in [0, 0.05) is 12.1 Å². The first kappa shape index (κ1) is 12.5. The van der Waals surface area contributed by atoms with E-state index in [2.05, 4.69) is 0 Å². The van der Waals surface area contributed by atoms with Gasteiger partial charge in [-0.3, -0.25) is 4.79 Å². The fraction of sp³-hybridized carbons (Fsp3) is 0.357. The zero-order valence-electron chi connectivity index (χ0n) is 10.4. The van der Waals surface area contributed by atoms with Crippen LogP contribution in [0, 0.1) is 6.92 Å². The van der Waals surface area contributed by atoms with Crippen molar-refractivity contribution in [2.24, 2.45) is 0 Å². The Morgan fingerprint density at radius 3 is 2.44 bits per heavy atom. The lowest BCUT2D eigenvalue weighted by Crippen LogP contribution is -2.21. The third-order valence-electron chi connectivity index (χ3n) is 2.50. The predicted octanol–water partition coefficient (Wildman–Crippen LogP) is 3.36. The summed E-state index contributed by atoms with van der Waals surface area (Å²) >= 11 is 0. The molecule has 86 valence electrons. The Morgan fingerprint density at radius 1 is 1.19 bits per heavy atom. The number of para-hydroxylation sites is 1. The molecular weight excluding hydrogens is 198 g/mol. The minimum atomic E-state index is 0.117. The minimum absolute atomic E-state index is 0.117. The molecule has 0 atom stereocenters. The number of aryl methyl sites for hydroxylation is 2. The zero-order chi connectivity index (χ0) is 12.1. The Labute approximate surface area is 96.5 Å². The van der Waals surface area contributed by atoms with E-state index in [1.54, 1.807) is 0 Å². The normalized spacial score (nSPS) is 9.75. The maximum Gasteiger partial charge on any atom is 0.253 e. The molecule has 0 bridgehead atoms. The lowest BCUT2D eigenvalue weighted by molar-refractivity contribution is 0.754. The standard InChI is InChI=1S/C12H13NO.C2H6/c1-3-13-11-7-5-4-6-10(11)8-9(2)12(13)14;1-2/h4-8H,3H2,1-2H3;1-2H3. The van der Waals surface area contributed by atoms with Crippen LogP contribution in [0.5, 0.6) is 0 Å². The Morgan fingerprint density at radius 2 is 1.81 bits per heavy atom. The zero-order valence-corrected chi connectivity index (χ0v) is 10.4. The van der Waals surface area contributed by atoms with Crippen LogP contribution in [0.25, 0.3) is 10.9 Å². The molecule has 2 aromatic rings. The fourth-order valence-electron chi connectivity index (χ4n) is 1.79. The van der Waals surface area contributed by atoms with Crippen LogP contribution in [0.1, 0.15) is 26.3 Å². The lowest BCUT2D eigenvalue weighted by atomic mass is 10.1. The second kappa shape index (κ2) is 5.50. The number of nitrogens with zero attached hydrogens (tertiary/aromatic N) is 1. The molecule has 16 heavy (non-hydrogen) atoms. The van der Waals surface area contributed by atoms with Crippen LogP contribution in [-0.2, 0) is 6.54 Å². The van der Waals surface area contributed by atoms with Crippen molar-refractivity contribution in [1.29, 1.82) is 0 Å². The van der Waals surface area contributed by atoms with Gasteiger partial charge < -0.3 is 4.57 Å². The number of hydrogen-bond acceptors (Lipinski definition) is 1. The minimum Gasteiger partial charge on any atom is -0.308 e. The first-order chi connectivity index (χ1) is 7.74. The van der Waals surface area contributed by atoms with E-state index in [9.17, 15) is 4.79 Å². The van der Waals surface area contributed by atoms with Crippen molar-refractivity contribution < 1.29 is 0 Å². The average Bonchev–Trinajstić information content (AvgIpc) is 2.33. The number of benzene rings is 1. The van der Waals surface area contributed by atoms with Gasteiger partial charge in [0.2, 0.25) is 0 Å². The second-order valence-electron chi connectivity index (χ2n) is 3.44. The van der Waals surface area contributed by atoms with E-state index in [-0.39, 0.29) is 5.56 Å². The van der Waals surface area contributed by atoms with Crippen LogP contribution in [0.2, 0.25) is 0 Å². The van der Waals surface area contributed by atoms with Gasteiger partial charge in [-0.25, -0.2) is 0 Å². The molecule has 0 fully saturated rings. The van der Waals surface area contributed by atoms with Crippen molar-refractivity contribution in [2.75, 3.05) is 0 Å². The summed E-state index contributed by atoms with van der Waals surface area (Å²) < 4.78 is 1.81. The van der Waals surface area contributed by atoms with E-state index in [4.69, 9.17) is 0 Å². The quantitative estimate of drug-likeness (QED) is 0.718. The highest BCUT2D eigenvalue weighted by Crippen LogP contribution is 2.12. The largest absolute Gasteiger partial charge is 0.308 e. The number of aromatic nitrogens is 1. The third kappa shape index (κ3) is 2.16. The molecule has 0 unspecified atom stereocenters. The molecule has 0 saturated heterocycles. The summed E-state index contributed by atoms with van der Waals surface area (Å²) in [7, 11) is 0. The van der Waals surface area contributed by atoms with Crippen LogP contribution in [-0.4, -0.2) is 4.57 Å². The highest BCUT2D eigenvalue weighted by Gasteiger charge is 2.03. The van der Waals surface area contributed by atoms with E-state index >= 15 is 0 Å². The van der Waals surface area contributed by atoms with E-state index in [0.29, 0.717) is 0 Å². The molecule has 2 nitrogen and oxygen atoms in total. The topological polar surface area (TPSA) is 22.0 Å². The molecule has 0 N–H and O–H groups in total. The molecule has 1 heterocycles. The van der Waals surface area contributed by atoms with Gasteiger partial charge in [-0.05, 0) is 31.4 Å². The second-order valence-corrected chi connectivity index (χ2v) is 3.44. The Hall–Kier alpha value is -1.57. The summed E-state index contributed by atoms with van der Waals surface area (Å²) in [5.41, 5.74) is 1.95. The summed E-state index contributed by atoms with van der Waals surface area (Å²) in [6, 6.07) is 9.92. The van der Waals surface area contributed by atoms with Crippen molar-refractivity contribution in [3.8, 4) is 0 Å². The van der Waals surface area contributed by atoms with Crippen LogP contribution in [0.4, 0.5) is 0 Å². The molecule has 1 aromatic heterocycles. The molecule has 0 radical (unpaired) electrons. The maximum absolute atomic E-state index is 11.8. The maximum atomic E-state index is 11.8. The predicted molar refractivity (Wildman–Crippen MR) is 70.0 cm³/mol. The Balaban J connectivity index is 0.000000606. The van der Waals surface area contributed by atoms with E-state index in [0.717, 1.165) is 23.0 Å². The van der Waals surface area contributed by atoms with Gasteiger partial charge in [0.15, 0.2) is 0 Å². The summed E-state index contributed by atoms with van der Waals surface area (Å²) in [4.78, 5) is 11.8. The molecule has 0 amide bonds. The number of rotatable bonds is 1. The van der Waals surface area contributed by atoms with E-state index in [1.165, 1.54) is 0 Å². The smallest absolute Gasteiger partial charge is 0.253 e. The summed E-state index contributed by atoms with van der Waals surface area (Å²) in [6.45, 7) is 8.58. The van der Waals surface area contributed by atoms with Gasteiger partial charge in [-0.15, -0.1) is 0 Å². The van der Waals surface area contributed by atoms with E-state index in [1.807, 2.05) is 62.6 Å². The van der Waals surface area contributed by atoms with Crippen molar-refractivity contribution in [3.05, 3.63) is 46.2 Å². The van der Waals surface area contributed by atoms with Crippen molar-refractivity contribution in [1.82, 2.24) is 4.57 Å². The van der Waals surface area contributed by atoms with Gasteiger partial charge in [0.1, 0.15) is 0 Å². The van der Waals surface area contributed by atoms with Gasteiger partial charge >= 0.3 is 0 Å². The lowest BCUT2D eigenvalue weighted by Gasteiger charge is -2.08. The molecule has 0 aliphatic heterocycles. The Kier molecular flexibility index (Phi) is 4.29. The molecule has 2 heteroatoms. The van der Waals surface area contributed by atoms with E-state index < -0.39 is 0 Å². The van der Waals surface area contributed by atoms with Crippen molar-refractivity contribution in [2.45, 2.75) is 34.2 Å². The highest BCUT2D eigenvalue weighted by molar-refractivity contribution is 5.79. The first-order valence-electron chi connectivity index (χ1n) is 5.83. The van der Waals surface area contributed by atoms with Crippen LogP contribution in [0.15, 0.2) is 35.1 Å². The van der Waals surface area contributed by atoms with Crippen LogP contribution in [0.3, 0.4) is 0 Å². The number of pyridine rings is 1. The highest BCUT2D eigenvalue weighted by atomic mass is 16.1. The van der Waals surface area contributed by atoms with Gasteiger partial charge in [-0.2, -0.15) is 0 Å². The number of fused-ring (bicyclic) bond motifs is 1. The summed E-state index contributed by atoms with van der Waals surface area (Å²) in [5.74, 6) is 0. The average molecular weight is 217 g/mol. The van der Waals surface area contributed by atoms with Gasteiger partial charge in [0.05, 0.1) is 5.52 Å². The molecule has 1 aromatic carbocycles. The molecule has 0 aliphatic carbocycles. The monoisotopic (exact) mass is 217 g/mol. The first-order valence-corrected chi connectivity index (χ1v) is 5.83. The van der Waals surface area contributed by atoms with Crippen LogP contribution < -0.4 is 5.56 Å².